The van der Waals surface area contributed by atoms with Crippen LogP contribution in [0.2, 0.25) is 0 Å². The first-order valence-electron chi connectivity index (χ1n) is 10.8. The van der Waals surface area contributed by atoms with Gasteiger partial charge in [0, 0.05) is 11.5 Å². The fraction of sp³-hybridized carbons (Fsp3) is 0.520. The Bertz CT molecular complexity index is 800. The molecule has 28 heavy (non-hydrogen) atoms. The molecule has 1 aliphatic rings. The summed E-state index contributed by atoms with van der Waals surface area (Å²) < 4.78 is 11.9. The number of rotatable bonds is 8. The molecule has 2 aromatic rings. The largest absolute Gasteiger partial charge is 0.507 e. The highest BCUT2D eigenvalue weighted by Gasteiger charge is 2.27. The van der Waals surface area contributed by atoms with Gasteiger partial charge in [-0.05, 0) is 76.6 Å². The SMILES string of the molecule is CCCCCc1cc(OC(C)C)c([C@@H]2C=C(C)CCC2)c(O)c1-c1ccco1. The minimum Gasteiger partial charge on any atom is -0.507 e. The monoisotopic (exact) mass is 382 g/mol. The summed E-state index contributed by atoms with van der Waals surface area (Å²) in [5, 5.41) is 11.5. The van der Waals surface area contributed by atoms with E-state index in [4.69, 9.17) is 9.15 Å². The second-order valence-corrected chi connectivity index (χ2v) is 8.28. The van der Waals surface area contributed by atoms with Gasteiger partial charge in [-0.25, -0.2) is 0 Å². The number of furan rings is 1. The van der Waals surface area contributed by atoms with Crippen molar-refractivity contribution in [2.75, 3.05) is 0 Å². The predicted octanol–water partition coefficient (Wildman–Crippen LogP) is 7.39. The van der Waals surface area contributed by atoms with Gasteiger partial charge in [0.1, 0.15) is 17.3 Å². The number of aryl methyl sites for hydroxylation is 1. The minimum absolute atomic E-state index is 0.0600. The lowest BCUT2D eigenvalue weighted by atomic mass is 9.82. The zero-order valence-corrected chi connectivity index (χ0v) is 17.8. The second kappa shape index (κ2) is 9.36. The van der Waals surface area contributed by atoms with Gasteiger partial charge < -0.3 is 14.3 Å². The van der Waals surface area contributed by atoms with Gasteiger partial charge in [-0.3, -0.25) is 0 Å². The molecule has 3 nitrogen and oxygen atoms in total. The van der Waals surface area contributed by atoms with E-state index in [-0.39, 0.29) is 12.0 Å². The third-order valence-corrected chi connectivity index (χ3v) is 5.51. The average Bonchev–Trinajstić information content (AvgIpc) is 3.15. The topological polar surface area (TPSA) is 42.6 Å². The van der Waals surface area contributed by atoms with E-state index >= 15 is 0 Å². The van der Waals surface area contributed by atoms with E-state index in [9.17, 15) is 5.11 Å². The molecule has 1 aromatic heterocycles. The van der Waals surface area contributed by atoms with E-state index in [1.165, 1.54) is 18.4 Å². The van der Waals surface area contributed by atoms with Gasteiger partial charge >= 0.3 is 0 Å². The summed E-state index contributed by atoms with van der Waals surface area (Å²) in [5.74, 6) is 2.07. The van der Waals surface area contributed by atoms with Gasteiger partial charge in [-0.2, -0.15) is 0 Å². The third-order valence-electron chi connectivity index (χ3n) is 5.51. The Morgan fingerprint density at radius 3 is 2.75 bits per heavy atom. The second-order valence-electron chi connectivity index (χ2n) is 8.28. The molecule has 1 atom stereocenters. The molecule has 1 heterocycles. The zero-order valence-electron chi connectivity index (χ0n) is 17.8. The summed E-state index contributed by atoms with van der Waals surface area (Å²) in [5.41, 5.74) is 4.25. The van der Waals surface area contributed by atoms with Crippen LogP contribution in [0, 0.1) is 0 Å². The van der Waals surface area contributed by atoms with Crippen LogP contribution in [0.15, 0.2) is 40.5 Å². The van der Waals surface area contributed by atoms with Gasteiger partial charge in [0.2, 0.25) is 0 Å². The van der Waals surface area contributed by atoms with E-state index in [0.717, 1.165) is 60.3 Å². The quantitative estimate of drug-likeness (QED) is 0.382. The number of hydrogen-bond acceptors (Lipinski definition) is 3. The maximum absolute atomic E-state index is 11.5. The molecule has 0 spiro atoms. The molecule has 0 amide bonds. The Kier molecular flexibility index (Phi) is 6.88. The third kappa shape index (κ3) is 4.63. The minimum atomic E-state index is 0.0600. The van der Waals surface area contributed by atoms with Crippen LogP contribution in [0.3, 0.4) is 0 Å². The lowest BCUT2D eigenvalue weighted by Crippen LogP contribution is -2.12. The Labute approximate surface area is 169 Å². The van der Waals surface area contributed by atoms with E-state index in [1.807, 2.05) is 26.0 Å². The van der Waals surface area contributed by atoms with Gasteiger partial charge in [-0.1, -0.05) is 31.4 Å². The molecule has 0 bridgehead atoms. The normalized spacial score (nSPS) is 17.0. The van der Waals surface area contributed by atoms with Crippen LogP contribution < -0.4 is 4.74 Å². The highest BCUT2D eigenvalue weighted by atomic mass is 16.5. The zero-order chi connectivity index (χ0) is 20.1. The summed E-state index contributed by atoms with van der Waals surface area (Å²) in [6.07, 6.45) is 11.7. The van der Waals surface area contributed by atoms with Gasteiger partial charge in [0.15, 0.2) is 0 Å². The molecular formula is C25H34O3. The van der Waals surface area contributed by atoms with Crippen LogP contribution >= 0.6 is 0 Å². The van der Waals surface area contributed by atoms with Crippen molar-refractivity contribution in [3.05, 3.63) is 47.2 Å². The number of unbranched alkanes of at least 4 members (excludes halogenated alkanes) is 2. The molecule has 1 aromatic carbocycles. The fourth-order valence-corrected chi connectivity index (χ4v) is 4.22. The molecule has 0 radical (unpaired) electrons. The maximum Gasteiger partial charge on any atom is 0.137 e. The van der Waals surface area contributed by atoms with Crippen LogP contribution in [0.5, 0.6) is 11.5 Å². The number of ether oxygens (including phenoxy) is 1. The van der Waals surface area contributed by atoms with Crippen LogP contribution in [0.1, 0.15) is 83.3 Å². The summed E-state index contributed by atoms with van der Waals surface area (Å²) >= 11 is 0. The Balaban J connectivity index is 2.16. The Morgan fingerprint density at radius 2 is 2.11 bits per heavy atom. The maximum atomic E-state index is 11.5. The van der Waals surface area contributed by atoms with Crippen molar-refractivity contribution in [3.8, 4) is 22.8 Å². The first-order chi connectivity index (χ1) is 13.5. The summed E-state index contributed by atoms with van der Waals surface area (Å²) in [6, 6.07) is 5.97. The van der Waals surface area contributed by atoms with E-state index in [2.05, 4.69) is 26.0 Å². The molecule has 0 saturated carbocycles. The highest BCUT2D eigenvalue weighted by Crippen LogP contribution is 2.48. The van der Waals surface area contributed by atoms with E-state index in [1.54, 1.807) is 6.26 Å². The predicted molar refractivity (Wildman–Crippen MR) is 115 cm³/mol. The van der Waals surface area contributed by atoms with E-state index in [0.29, 0.717) is 5.75 Å². The van der Waals surface area contributed by atoms with Crippen molar-refractivity contribution < 1.29 is 14.3 Å². The van der Waals surface area contributed by atoms with Crippen LogP contribution in [-0.4, -0.2) is 11.2 Å². The summed E-state index contributed by atoms with van der Waals surface area (Å²) in [6.45, 7) is 8.47. The van der Waals surface area contributed by atoms with E-state index < -0.39 is 0 Å². The standard InChI is InChI=1S/C25H34O3/c1-5-6-7-11-20-16-22(28-17(2)3)24(19-12-8-10-18(4)15-19)25(26)23(20)21-13-9-14-27-21/h9,13-17,19,26H,5-8,10-12H2,1-4H3/t19-/m0/s1. The summed E-state index contributed by atoms with van der Waals surface area (Å²) in [7, 11) is 0. The van der Waals surface area contributed by atoms with Gasteiger partial charge in [0.05, 0.1) is 17.9 Å². The van der Waals surface area contributed by atoms with Crippen molar-refractivity contribution in [1.82, 2.24) is 0 Å². The molecule has 0 unspecified atom stereocenters. The summed E-state index contributed by atoms with van der Waals surface area (Å²) in [4.78, 5) is 0. The van der Waals surface area contributed by atoms with Crippen molar-refractivity contribution in [3.63, 3.8) is 0 Å². The lowest BCUT2D eigenvalue weighted by Gasteiger charge is -2.26. The average molecular weight is 383 g/mol. The molecule has 0 saturated heterocycles. The molecular weight excluding hydrogens is 348 g/mol. The number of hydrogen-bond donors (Lipinski definition) is 1. The van der Waals surface area contributed by atoms with Crippen molar-refractivity contribution >= 4 is 0 Å². The smallest absolute Gasteiger partial charge is 0.137 e. The number of aromatic hydroxyl groups is 1. The van der Waals surface area contributed by atoms with Crippen molar-refractivity contribution in [2.24, 2.45) is 0 Å². The molecule has 0 aliphatic heterocycles. The highest BCUT2D eigenvalue weighted by molar-refractivity contribution is 5.75. The van der Waals surface area contributed by atoms with Crippen molar-refractivity contribution in [2.45, 2.75) is 84.7 Å². The molecule has 0 fully saturated rings. The number of phenolic OH excluding ortho intramolecular Hbond substituents is 1. The Hall–Kier alpha value is -2.16. The van der Waals surface area contributed by atoms with Crippen LogP contribution in [0.4, 0.5) is 0 Å². The Morgan fingerprint density at radius 1 is 1.29 bits per heavy atom. The van der Waals surface area contributed by atoms with Crippen LogP contribution in [-0.2, 0) is 6.42 Å². The molecule has 3 rings (SSSR count). The molecule has 1 N–H and O–H groups in total. The first-order valence-corrected chi connectivity index (χ1v) is 10.8. The van der Waals surface area contributed by atoms with Crippen molar-refractivity contribution in [1.29, 1.82) is 0 Å². The number of phenols is 1. The van der Waals surface area contributed by atoms with Gasteiger partial charge in [0.25, 0.3) is 0 Å². The number of allylic oxidation sites excluding steroid dienone is 2. The molecule has 1 aliphatic carbocycles. The lowest BCUT2D eigenvalue weighted by molar-refractivity contribution is 0.237. The fourth-order valence-electron chi connectivity index (χ4n) is 4.22. The first kappa shape index (κ1) is 20.6. The van der Waals surface area contributed by atoms with Crippen LogP contribution in [0.25, 0.3) is 11.3 Å². The molecule has 3 heteroatoms. The molecule has 152 valence electrons. The number of benzene rings is 1. The van der Waals surface area contributed by atoms with Gasteiger partial charge in [-0.15, -0.1) is 0 Å².